The first-order valence-electron chi connectivity index (χ1n) is 8.84. The highest BCUT2D eigenvalue weighted by molar-refractivity contribution is 7.13. The van der Waals surface area contributed by atoms with E-state index in [2.05, 4.69) is 44.2 Å². The van der Waals surface area contributed by atoms with Gasteiger partial charge in [-0.3, -0.25) is 10.1 Å². The number of benzene rings is 1. The van der Waals surface area contributed by atoms with Crippen molar-refractivity contribution in [1.82, 2.24) is 4.98 Å². The summed E-state index contributed by atoms with van der Waals surface area (Å²) in [6.45, 7) is 13.3. The van der Waals surface area contributed by atoms with Crippen molar-refractivity contribution < 1.29 is 19.1 Å². The van der Waals surface area contributed by atoms with Gasteiger partial charge in [0, 0.05) is 11.6 Å². The maximum Gasteiger partial charge on any atom is 0.261 e. The van der Waals surface area contributed by atoms with Crippen molar-refractivity contribution in [2.24, 2.45) is 0 Å². The number of phenolic OH excluding ortho intramolecular Hbond substituents is 1. The van der Waals surface area contributed by atoms with Gasteiger partial charge < -0.3 is 14.3 Å². The first-order chi connectivity index (χ1) is 12.5. The van der Waals surface area contributed by atoms with E-state index in [4.69, 9.17) is 9.16 Å². The van der Waals surface area contributed by atoms with Crippen LogP contribution in [-0.2, 0) is 4.43 Å². The lowest BCUT2D eigenvalue weighted by atomic mass is 10.1. The highest BCUT2D eigenvalue weighted by Crippen LogP contribution is 2.36. The number of ether oxygens (including phenoxy) is 1. The summed E-state index contributed by atoms with van der Waals surface area (Å²) < 4.78 is 12.1. The molecule has 2 aromatic rings. The van der Waals surface area contributed by atoms with Crippen LogP contribution in [-0.4, -0.2) is 37.0 Å². The van der Waals surface area contributed by atoms with E-state index in [0.29, 0.717) is 17.5 Å². The van der Waals surface area contributed by atoms with Gasteiger partial charge in [-0.1, -0.05) is 20.8 Å². The number of nitrogens with one attached hydrogen (secondary N) is 1. The average Bonchev–Trinajstić information content (AvgIpc) is 3.06. The van der Waals surface area contributed by atoms with E-state index < -0.39 is 8.32 Å². The summed E-state index contributed by atoms with van der Waals surface area (Å²) in [7, 11) is -1.88. The fourth-order valence-electron chi connectivity index (χ4n) is 2.04. The predicted octanol–water partition coefficient (Wildman–Crippen LogP) is 4.89. The number of carbonyl (C=O) groups excluding carboxylic acids is 1. The Morgan fingerprint density at radius 1 is 1.37 bits per heavy atom. The van der Waals surface area contributed by atoms with Gasteiger partial charge in [-0.25, -0.2) is 4.98 Å². The molecular formula is C19H28N2O4SSi. The summed E-state index contributed by atoms with van der Waals surface area (Å²) in [5.41, 5.74) is 0.254. The molecule has 148 valence electrons. The molecule has 0 aliphatic rings. The molecule has 0 spiro atoms. The van der Waals surface area contributed by atoms with Crippen LogP contribution in [0.5, 0.6) is 11.5 Å². The van der Waals surface area contributed by atoms with Crippen LogP contribution in [0.2, 0.25) is 18.1 Å². The number of aromatic hydroxyl groups is 1. The summed E-state index contributed by atoms with van der Waals surface area (Å²) in [5, 5.41) is 14.9. The molecule has 8 heteroatoms. The van der Waals surface area contributed by atoms with Crippen molar-refractivity contribution in [3.8, 4) is 11.5 Å². The molecule has 2 rings (SSSR count). The van der Waals surface area contributed by atoms with Crippen LogP contribution < -0.4 is 10.1 Å². The largest absolute Gasteiger partial charge is 0.508 e. The number of nitrogens with zero attached hydrogens (tertiary/aromatic N) is 1. The van der Waals surface area contributed by atoms with Gasteiger partial charge in [-0.2, -0.15) is 0 Å². The molecule has 1 atom stereocenters. The minimum Gasteiger partial charge on any atom is -0.508 e. The molecular weight excluding hydrogens is 380 g/mol. The van der Waals surface area contributed by atoms with Gasteiger partial charge in [0.15, 0.2) is 13.4 Å². The third-order valence-corrected chi connectivity index (χ3v) is 9.86. The van der Waals surface area contributed by atoms with Gasteiger partial charge >= 0.3 is 0 Å². The Bertz CT molecular complexity index is 773. The first-order valence-corrected chi connectivity index (χ1v) is 12.6. The topological polar surface area (TPSA) is 80.7 Å². The van der Waals surface area contributed by atoms with Gasteiger partial charge in [0.05, 0.1) is 12.2 Å². The van der Waals surface area contributed by atoms with Crippen LogP contribution in [0.1, 0.15) is 38.1 Å². The smallest absolute Gasteiger partial charge is 0.261 e. The Morgan fingerprint density at radius 3 is 2.67 bits per heavy atom. The minimum atomic E-state index is -1.88. The molecule has 0 aliphatic heterocycles. The summed E-state index contributed by atoms with van der Waals surface area (Å²) in [6.07, 6.45) is 1.37. The standard InChI is InChI=1S/C19H28N2O4SSi/c1-13(12-24-27(5,6)19(2,3)4)25-16-8-7-14(22)11-15(16)17(23)21-18-20-9-10-26-18/h7-11,13,22H,12H2,1-6H3,(H,20,21,23)/t13-/m0/s1. The van der Waals surface area contributed by atoms with Crippen LogP contribution in [0, 0.1) is 0 Å². The number of anilines is 1. The van der Waals surface area contributed by atoms with E-state index in [9.17, 15) is 9.90 Å². The number of aromatic nitrogens is 1. The van der Waals surface area contributed by atoms with Crippen LogP contribution in [0.15, 0.2) is 29.8 Å². The Labute approximate surface area is 165 Å². The van der Waals surface area contributed by atoms with Gasteiger partial charge in [0.1, 0.15) is 17.6 Å². The fraction of sp³-hybridized carbons (Fsp3) is 0.474. The Balaban J connectivity index is 2.08. The quantitative estimate of drug-likeness (QED) is 0.638. The molecule has 1 aromatic heterocycles. The van der Waals surface area contributed by atoms with E-state index in [-0.39, 0.29) is 28.4 Å². The molecule has 1 heterocycles. The van der Waals surface area contributed by atoms with E-state index in [1.54, 1.807) is 17.6 Å². The average molecular weight is 409 g/mol. The van der Waals surface area contributed by atoms with Gasteiger partial charge in [0.2, 0.25) is 0 Å². The molecule has 0 aliphatic carbocycles. The van der Waals surface area contributed by atoms with Crippen molar-refractivity contribution in [2.75, 3.05) is 11.9 Å². The molecule has 6 nitrogen and oxygen atoms in total. The highest BCUT2D eigenvalue weighted by Gasteiger charge is 2.37. The van der Waals surface area contributed by atoms with Gasteiger partial charge in [-0.05, 0) is 43.3 Å². The van der Waals surface area contributed by atoms with Gasteiger partial charge in [0.25, 0.3) is 5.91 Å². The lowest BCUT2D eigenvalue weighted by molar-refractivity contribution is 0.101. The molecule has 0 fully saturated rings. The maximum absolute atomic E-state index is 12.6. The van der Waals surface area contributed by atoms with Crippen molar-refractivity contribution >= 4 is 30.7 Å². The molecule has 0 saturated carbocycles. The van der Waals surface area contributed by atoms with Crippen molar-refractivity contribution in [3.05, 3.63) is 35.3 Å². The third-order valence-electron chi connectivity index (χ3n) is 4.67. The fourth-order valence-corrected chi connectivity index (χ4v) is 3.65. The lowest BCUT2D eigenvalue weighted by Crippen LogP contribution is -2.43. The second kappa shape index (κ2) is 8.41. The molecule has 0 saturated heterocycles. The van der Waals surface area contributed by atoms with Crippen molar-refractivity contribution in [3.63, 3.8) is 0 Å². The van der Waals surface area contributed by atoms with E-state index in [1.165, 1.54) is 23.5 Å². The van der Waals surface area contributed by atoms with Crippen LogP contribution >= 0.6 is 11.3 Å². The summed E-state index contributed by atoms with van der Waals surface area (Å²) in [5.74, 6) is 0.0124. The molecule has 0 bridgehead atoms. The van der Waals surface area contributed by atoms with Crippen LogP contribution in [0.4, 0.5) is 5.13 Å². The van der Waals surface area contributed by atoms with Crippen molar-refractivity contribution in [1.29, 1.82) is 0 Å². The monoisotopic (exact) mass is 408 g/mol. The number of hydrogen-bond donors (Lipinski definition) is 2. The molecule has 0 radical (unpaired) electrons. The molecule has 2 N–H and O–H groups in total. The van der Waals surface area contributed by atoms with E-state index >= 15 is 0 Å². The van der Waals surface area contributed by atoms with Gasteiger partial charge in [-0.15, -0.1) is 11.3 Å². The minimum absolute atomic E-state index is 0.00295. The SMILES string of the molecule is C[C@@H](CO[Si](C)(C)C(C)(C)C)Oc1ccc(O)cc1C(=O)Nc1nccs1. The normalized spacial score (nSPS) is 13.3. The van der Waals surface area contributed by atoms with E-state index in [0.717, 1.165) is 0 Å². The Kier molecular flexibility index (Phi) is 6.66. The number of amides is 1. The highest BCUT2D eigenvalue weighted by atomic mass is 32.1. The number of hydrogen-bond acceptors (Lipinski definition) is 6. The maximum atomic E-state index is 12.6. The number of phenols is 1. The molecule has 1 amide bonds. The number of rotatable bonds is 7. The third kappa shape index (κ3) is 5.79. The number of carbonyl (C=O) groups is 1. The zero-order valence-corrected chi connectivity index (χ0v) is 18.5. The first kappa shape index (κ1) is 21.4. The Morgan fingerprint density at radius 2 is 2.07 bits per heavy atom. The number of thiazole rings is 1. The second-order valence-corrected chi connectivity index (χ2v) is 13.7. The van der Waals surface area contributed by atoms with E-state index in [1.807, 2.05) is 6.92 Å². The zero-order chi connectivity index (χ0) is 20.2. The molecule has 1 aromatic carbocycles. The zero-order valence-electron chi connectivity index (χ0n) is 16.7. The molecule has 27 heavy (non-hydrogen) atoms. The Hall–Kier alpha value is -1.90. The summed E-state index contributed by atoms with van der Waals surface area (Å²) in [4.78, 5) is 16.6. The lowest BCUT2D eigenvalue weighted by Gasteiger charge is -2.37. The summed E-state index contributed by atoms with van der Waals surface area (Å²) >= 11 is 1.32. The molecule has 0 unspecified atom stereocenters. The second-order valence-electron chi connectivity index (χ2n) is 7.97. The predicted molar refractivity (Wildman–Crippen MR) is 111 cm³/mol. The summed E-state index contributed by atoms with van der Waals surface area (Å²) in [6, 6.07) is 4.48. The van der Waals surface area contributed by atoms with Crippen LogP contribution in [0.3, 0.4) is 0 Å². The van der Waals surface area contributed by atoms with Crippen LogP contribution in [0.25, 0.3) is 0 Å². The van der Waals surface area contributed by atoms with Crippen molar-refractivity contribution in [2.45, 2.75) is 51.9 Å².